The van der Waals surface area contributed by atoms with Gasteiger partial charge in [0.2, 0.25) is 0 Å². The van der Waals surface area contributed by atoms with Crippen LogP contribution in [0.2, 0.25) is 0 Å². The zero-order chi connectivity index (χ0) is 24.7. The first kappa shape index (κ1) is 33.4. The minimum Gasteiger partial charge on any atom is -0.406 e. The summed E-state index contributed by atoms with van der Waals surface area (Å²) in [6.07, 6.45) is 0.715. The number of hydrogen-bond acceptors (Lipinski definition) is 3. The van der Waals surface area contributed by atoms with Crippen LogP contribution < -0.4 is 5.73 Å². The van der Waals surface area contributed by atoms with Crippen molar-refractivity contribution in [2.24, 2.45) is 0 Å². The monoisotopic (exact) mass is 573 g/mol. The van der Waals surface area contributed by atoms with E-state index in [2.05, 4.69) is 68.4 Å². The molecule has 184 valence electrons. The molecule has 2 aromatic rings. The standard InChI is InChI=1S/C12H10N.C12H27P.CH4O3S.Pd/c13-12-9-5-4-8-11(12)10-6-2-1-3-7-10;1-10(2,3)13(11(4,5)6)12(7,8)9;1-5(2,3)4;/h1-6,8-9H,13H2;1-9H3;1H3,(H,2,3,4);/q-1;;;+2/p+1. The van der Waals surface area contributed by atoms with Crippen LogP contribution in [0.15, 0.2) is 48.5 Å². The summed E-state index contributed by atoms with van der Waals surface area (Å²) >= 11 is 0. The fourth-order valence-electron chi connectivity index (χ4n) is 4.68. The molecule has 0 saturated heterocycles. The van der Waals surface area contributed by atoms with E-state index in [4.69, 9.17) is 10.3 Å². The topological polar surface area (TPSA) is 80.4 Å². The van der Waals surface area contributed by atoms with E-state index >= 15 is 0 Å². The molecule has 0 amide bonds. The summed E-state index contributed by atoms with van der Waals surface area (Å²) in [5.74, 6) is 0. The third-order valence-corrected chi connectivity index (χ3v) is 8.71. The first-order chi connectivity index (χ1) is 13.7. The van der Waals surface area contributed by atoms with Gasteiger partial charge in [-0.05, 0) is 74.1 Å². The molecule has 0 aliphatic rings. The molecule has 0 aromatic heterocycles. The van der Waals surface area contributed by atoms with Gasteiger partial charge in [-0.25, -0.2) is 0 Å². The van der Waals surface area contributed by atoms with Crippen molar-refractivity contribution in [3.8, 4) is 11.1 Å². The maximum atomic E-state index is 9.19. The number of nitrogen functional groups attached to an aromatic ring is 1. The van der Waals surface area contributed by atoms with Gasteiger partial charge in [-0.15, -0.1) is 35.9 Å². The molecule has 2 aromatic carbocycles. The Morgan fingerprint density at radius 2 is 1.19 bits per heavy atom. The second kappa shape index (κ2) is 13.2. The summed E-state index contributed by atoms with van der Waals surface area (Å²) in [7, 11) is -4.06. The van der Waals surface area contributed by atoms with Crippen LogP contribution in [0.4, 0.5) is 5.69 Å². The second-order valence-corrected chi connectivity index (χ2v) is 17.4. The Hall–Kier alpha value is -0.758. The van der Waals surface area contributed by atoms with Crippen molar-refractivity contribution in [3.63, 3.8) is 0 Å². The fraction of sp³-hybridized carbons (Fsp3) is 0.520. The largest absolute Gasteiger partial charge is 2.00 e. The first-order valence-corrected chi connectivity index (χ1v) is 13.7. The molecule has 0 fully saturated rings. The molecule has 0 saturated carbocycles. The molecule has 0 aliphatic carbocycles. The van der Waals surface area contributed by atoms with Crippen molar-refractivity contribution in [1.82, 2.24) is 0 Å². The zero-order valence-corrected chi connectivity index (χ0v) is 24.6. The van der Waals surface area contributed by atoms with Crippen LogP contribution >= 0.6 is 7.92 Å². The normalized spacial score (nSPS) is 12.0. The van der Waals surface area contributed by atoms with E-state index in [1.54, 1.807) is 0 Å². The van der Waals surface area contributed by atoms with Gasteiger partial charge in [0.1, 0.15) is 0 Å². The summed E-state index contributed by atoms with van der Waals surface area (Å²) < 4.78 is 25.9. The Labute approximate surface area is 211 Å². The third kappa shape index (κ3) is 14.4. The smallest absolute Gasteiger partial charge is 0.406 e. The van der Waals surface area contributed by atoms with Crippen LogP contribution in [-0.2, 0) is 30.5 Å². The molecule has 2 rings (SSSR count). The van der Waals surface area contributed by atoms with Gasteiger partial charge in [-0.2, -0.15) is 8.42 Å². The molecule has 7 heteroatoms. The molecule has 0 bridgehead atoms. The summed E-state index contributed by atoms with van der Waals surface area (Å²) in [4.78, 5) is 0. The molecule has 0 unspecified atom stereocenters. The number of anilines is 1. The molecule has 4 nitrogen and oxygen atoms in total. The summed E-state index contributed by atoms with van der Waals surface area (Å²) in [5, 5.41) is 1.46. The predicted molar refractivity (Wildman–Crippen MR) is 140 cm³/mol. The minimum absolute atomic E-state index is 0. The van der Waals surface area contributed by atoms with Crippen molar-refractivity contribution in [2.75, 3.05) is 12.0 Å². The number of nitrogens with two attached hydrogens (primary N) is 1. The van der Waals surface area contributed by atoms with Gasteiger partial charge < -0.3 is 5.73 Å². The van der Waals surface area contributed by atoms with Crippen LogP contribution in [0.5, 0.6) is 0 Å². The van der Waals surface area contributed by atoms with Gasteiger partial charge in [0.25, 0.3) is 10.1 Å². The predicted octanol–water partition coefficient (Wildman–Crippen LogP) is 6.83. The van der Waals surface area contributed by atoms with E-state index in [9.17, 15) is 8.42 Å². The van der Waals surface area contributed by atoms with Crippen molar-refractivity contribution in [2.45, 2.75) is 77.8 Å². The Balaban J connectivity index is 0. The quantitative estimate of drug-likeness (QED) is 0.129. The number of rotatable bonds is 1. The average molecular weight is 574 g/mol. The maximum Gasteiger partial charge on any atom is 2.00 e. The van der Waals surface area contributed by atoms with Crippen LogP contribution in [0, 0.1) is 6.07 Å². The van der Waals surface area contributed by atoms with Crippen molar-refractivity contribution >= 4 is 23.7 Å². The van der Waals surface area contributed by atoms with Crippen LogP contribution in [0.1, 0.15) is 62.3 Å². The van der Waals surface area contributed by atoms with E-state index < -0.39 is 18.0 Å². The van der Waals surface area contributed by atoms with Crippen LogP contribution in [0.25, 0.3) is 11.1 Å². The van der Waals surface area contributed by atoms with Crippen molar-refractivity contribution in [1.29, 1.82) is 0 Å². The molecule has 0 spiro atoms. The van der Waals surface area contributed by atoms with Crippen LogP contribution in [0.3, 0.4) is 0 Å². The molecular weight excluding hydrogens is 532 g/mol. The maximum absolute atomic E-state index is 9.19. The molecular formula is C25H42NO3PPdS+2. The van der Waals surface area contributed by atoms with Crippen molar-refractivity contribution < 1.29 is 33.4 Å². The van der Waals surface area contributed by atoms with Gasteiger partial charge in [-0.3, -0.25) is 4.55 Å². The second-order valence-electron chi connectivity index (χ2n) is 10.7. The van der Waals surface area contributed by atoms with Gasteiger partial charge in [0, 0.05) is 7.92 Å². The Kier molecular flexibility index (Phi) is 13.8. The first-order valence-electron chi connectivity index (χ1n) is 10.4. The number of benzene rings is 2. The molecule has 0 heterocycles. The van der Waals surface area contributed by atoms with Crippen LogP contribution in [-0.4, -0.2) is 34.7 Å². The summed E-state index contributed by atoms with van der Waals surface area (Å²) in [6.45, 7) is 21.6. The number of hydrogen-bond donors (Lipinski definition) is 2. The Bertz CT molecular complexity index is 856. The minimum atomic E-state index is -3.67. The van der Waals surface area contributed by atoms with E-state index in [0.29, 0.717) is 21.7 Å². The molecule has 0 atom stereocenters. The van der Waals surface area contributed by atoms with E-state index in [0.717, 1.165) is 16.8 Å². The van der Waals surface area contributed by atoms with Gasteiger partial charge in [-0.1, -0.05) is 23.8 Å². The average Bonchev–Trinajstić information content (AvgIpc) is 2.50. The molecule has 3 N–H and O–H groups in total. The molecule has 0 radical (unpaired) electrons. The van der Waals surface area contributed by atoms with E-state index in [-0.39, 0.29) is 20.4 Å². The van der Waals surface area contributed by atoms with Gasteiger partial charge in [0.05, 0.1) is 21.7 Å². The SMILES string of the molecule is CC(C)(C)[PH+](C(C)(C)C)C(C)(C)C.CS(=O)(=O)O.Nc1ccccc1-c1[c-]cccc1.[Pd+2]. The summed E-state index contributed by atoms with van der Waals surface area (Å²) in [6, 6.07) is 18.8. The fourth-order valence-corrected chi connectivity index (χ4v) is 11.4. The molecule has 32 heavy (non-hydrogen) atoms. The molecule has 0 aliphatic heterocycles. The number of para-hydroxylation sites is 1. The summed E-state index contributed by atoms with van der Waals surface area (Å²) in [5.41, 5.74) is 8.72. The van der Waals surface area contributed by atoms with Gasteiger partial charge >= 0.3 is 20.4 Å². The Morgan fingerprint density at radius 1 is 0.812 bits per heavy atom. The van der Waals surface area contributed by atoms with Crippen molar-refractivity contribution in [3.05, 3.63) is 54.6 Å². The van der Waals surface area contributed by atoms with E-state index in [1.807, 2.05) is 48.5 Å². The van der Waals surface area contributed by atoms with Gasteiger partial charge in [0.15, 0.2) is 0 Å². The third-order valence-electron chi connectivity index (χ3n) is 4.21. The zero-order valence-electron chi connectivity index (χ0n) is 21.2. The Morgan fingerprint density at radius 3 is 1.47 bits per heavy atom. The van der Waals surface area contributed by atoms with E-state index in [1.165, 1.54) is 0 Å².